The Hall–Kier alpha value is -2.92. The lowest BCUT2D eigenvalue weighted by Crippen LogP contribution is -2.56. The molecule has 6 heteroatoms. The Morgan fingerprint density at radius 3 is 2.23 bits per heavy atom. The van der Waals surface area contributed by atoms with Gasteiger partial charge in [0.1, 0.15) is 0 Å². The maximum absolute atomic E-state index is 13.4. The van der Waals surface area contributed by atoms with E-state index in [1.807, 2.05) is 59.5 Å². The second-order valence-electron chi connectivity index (χ2n) is 8.36. The molecule has 0 radical (unpaired) electrons. The smallest absolute Gasteiger partial charge is 0.254 e. The fourth-order valence-corrected chi connectivity index (χ4v) is 4.24. The number of aromatic nitrogens is 2. The van der Waals surface area contributed by atoms with Gasteiger partial charge in [0.2, 0.25) is 5.95 Å². The van der Waals surface area contributed by atoms with Crippen molar-refractivity contribution in [3.63, 3.8) is 0 Å². The molecule has 4 rings (SSSR count). The quantitative estimate of drug-likeness (QED) is 0.555. The highest BCUT2D eigenvalue weighted by Crippen LogP contribution is 2.25. The molecular formula is C25H27ClN4O. The molecule has 1 amide bonds. The minimum atomic E-state index is 0.0851. The first kappa shape index (κ1) is 21.3. The van der Waals surface area contributed by atoms with Gasteiger partial charge in [-0.05, 0) is 53.8 Å². The van der Waals surface area contributed by atoms with Crippen LogP contribution < -0.4 is 4.90 Å². The van der Waals surface area contributed by atoms with Gasteiger partial charge in [-0.15, -0.1) is 0 Å². The standard InChI is InChI=1S/C25H27ClN4O/c1-18(2)16-23-17-29(25-27-12-3-13-28-25)14-15-30(23)24(31)21-6-4-19(5-7-21)20-8-10-22(26)11-9-20/h3-13,18,23H,14-17H2,1-2H3/t23-/m0/s1. The lowest BCUT2D eigenvalue weighted by atomic mass is 9.98. The number of anilines is 1. The van der Waals surface area contributed by atoms with Gasteiger partial charge >= 0.3 is 0 Å². The first-order valence-electron chi connectivity index (χ1n) is 10.7. The van der Waals surface area contributed by atoms with Crippen LogP contribution in [0.4, 0.5) is 5.95 Å². The number of hydrogen-bond acceptors (Lipinski definition) is 4. The lowest BCUT2D eigenvalue weighted by Gasteiger charge is -2.42. The summed E-state index contributed by atoms with van der Waals surface area (Å²) in [5.41, 5.74) is 2.87. The van der Waals surface area contributed by atoms with Gasteiger partial charge in [0, 0.05) is 48.7 Å². The van der Waals surface area contributed by atoms with Gasteiger partial charge < -0.3 is 9.80 Å². The second-order valence-corrected chi connectivity index (χ2v) is 8.80. The number of hydrogen-bond donors (Lipinski definition) is 0. The van der Waals surface area contributed by atoms with Gasteiger partial charge in [0.15, 0.2) is 0 Å². The van der Waals surface area contributed by atoms with Gasteiger partial charge in [-0.2, -0.15) is 0 Å². The molecule has 160 valence electrons. The van der Waals surface area contributed by atoms with Crippen LogP contribution in [0.25, 0.3) is 11.1 Å². The summed E-state index contributed by atoms with van der Waals surface area (Å²) in [7, 11) is 0. The highest BCUT2D eigenvalue weighted by molar-refractivity contribution is 6.30. The minimum absolute atomic E-state index is 0.0851. The van der Waals surface area contributed by atoms with E-state index in [1.54, 1.807) is 12.4 Å². The van der Waals surface area contributed by atoms with Crippen LogP contribution in [0, 0.1) is 5.92 Å². The third-order valence-corrected chi connectivity index (χ3v) is 5.88. The lowest BCUT2D eigenvalue weighted by molar-refractivity contribution is 0.0631. The van der Waals surface area contributed by atoms with E-state index in [2.05, 4.69) is 28.7 Å². The topological polar surface area (TPSA) is 49.3 Å². The Bertz CT molecular complexity index is 1010. The second kappa shape index (κ2) is 9.48. The van der Waals surface area contributed by atoms with E-state index in [4.69, 9.17) is 11.6 Å². The Labute approximate surface area is 188 Å². The summed E-state index contributed by atoms with van der Waals surface area (Å²) < 4.78 is 0. The largest absolute Gasteiger partial charge is 0.337 e. The number of rotatable bonds is 5. The van der Waals surface area contributed by atoms with Crippen molar-refractivity contribution in [3.05, 3.63) is 77.6 Å². The molecule has 5 nitrogen and oxygen atoms in total. The van der Waals surface area contributed by atoms with Crippen LogP contribution in [0.1, 0.15) is 30.6 Å². The number of carbonyl (C=O) groups excluding carboxylic acids is 1. The molecule has 1 aliphatic rings. The number of carbonyl (C=O) groups is 1. The number of amides is 1. The molecule has 31 heavy (non-hydrogen) atoms. The Morgan fingerprint density at radius 1 is 1.00 bits per heavy atom. The molecule has 1 aliphatic heterocycles. The van der Waals surface area contributed by atoms with Crippen LogP contribution in [0.2, 0.25) is 5.02 Å². The van der Waals surface area contributed by atoms with E-state index in [-0.39, 0.29) is 11.9 Å². The summed E-state index contributed by atoms with van der Waals surface area (Å²) in [6, 6.07) is 17.5. The zero-order chi connectivity index (χ0) is 21.8. The summed E-state index contributed by atoms with van der Waals surface area (Å²) in [5, 5.41) is 0.715. The SMILES string of the molecule is CC(C)C[C@H]1CN(c2ncccn2)CCN1C(=O)c1ccc(-c2ccc(Cl)cc2)cc1. The van der Waals surface area contributed by atoms with Crippen LogP contribution in [0.15, 0.2) is 67.0 Å². The summed E-state index contributed by atoms with van der Waals surface area (Å²) in [4.78, 5) is 26.4. The number of halogens is 1. The maximum atomic E-state index is 13.4. The van der Waals surface area contributed by atoms with Gasteiger partial charge in [0.05, 0.1) is 0 Å². The highest BCUT2D eigenvalue weighted by atomic mass is 35.5. The molecule has 1 saturated heterocycles. The van der Waals surface area contributed by atoms with Gasteiger partial charge in [-0.25, -0.2) is 9.97 Å². The Kier molecular flexibility index (Phi) is 6.52. The van der Waals surface area contributed by atoms with Crippen LogP contribution in [0.5, 0.6) is 0 Å². The van der Waals surface area contributed by atoms with E-state index < -0.39 is 0 Å². The fourth-order valence-electron chi connectivity index (χ4n) is 4.12. The predicted molar refractivity (Wildman–Crippen MR) is 125 cm³/mol. The van der Waals surface area contributed by atoms with Crippen molar-refractivity contribution in [2.45, 2.75) is 26.3 Å². The van der Waals surface area contributed by atoms with Crippen molar-refractivity contribution in [2.75, 3.05) is 24.5 Å². The monoisotopic (exact) mass is 434 g/mol. The number of nitrogens with zero attached hydrogens (tertiary/aromatic N) is 4. The minimum Gasteiger partial charge on any atom is -0.337 e. The van der Waals surface area contributed by atoms with E-state index >= 15 is 0 Å². The predicted octanol–water partition coefficient (Wildman–Crippen LogP) is 5.17. The molecule has 0 unspecified atom stereocenters. The molecule has 0 saturated carbocycles. The molecule has 1 fully saturated rings. The normalized spacial score (nSPS) is 16.6. The van der Waals surface area contributed by atoms with E-state index in [9.17, 15) is 4.79 Å². The van der Waals surface area contributed by atoms with Gasteiger partial charge in [-0.1, -0.05) is 49.7 Å². The molecule has 0 spiro atoms. The van der Waals surface area contributed by atoms with Crippen LogP contribution in [-0.2, 0) is 0 Å². The summed E-state index contributed by atoms with van der Waals surface area (Å²) in [6.45, 7) is 6.53. The molecule has 2 aromatic carbocycles. The Morgan fingerprint density at radius 2 is 1.61 bits per heavy atom. The summed E-state index contributed by atoms with van der Waals surface area (Å²) in [5.74, 6) is 1.31. The van der Waals surface area contributed by atoms with Crippen molar-refractivity contribution in [1.82, 2.24) is 14.9 Å². The first-order chi connectivity index (χ1) is 15.0. The molecule has 2 heterocycles. The fraction of sp³-hybridized carbons (Fsp3) is 0.320. The van der Waals surface area contributed by atoms with Gasteiger partial charge in [0.25, 0.3) is 5.91 Å². The zero-order valence-electron chi connectivity index (χ0n) is 17.9. The van der Waals surface area contributed by atoms with E-state index in [0.29, 0.717) is 17.5 Å². The molecule has 1 aromatic heterocycles. The van der Waals surface area contributed by atoms with Crippen LogP contribution >= 0.6 is 11.6 Å². The third-order valence-electron chi connectivity index (χ3n) is 5.63. The van der Waals surface area contributed by atoms with Crippen LogP contribution in [-0.4, -0.2) is 46.5 Å². The van der Waals surface area contributed by atoms with Crippen LogP contribution in [0.3, 0.4) is 0 Å². The average molecular weight is 435 g/mol. The van der Waals surface area contributed by atoms with Crippen molar-refractivity contribution >= 4 is 23.5 Å². The number of piperazine rings is 1. The van der Waals surface area contributed by atoms with Crippen molar-refractivity contribution in [1.29, 1.82) is 0 Å². The van der Waals surface area contributed by atoms with E-state index in [1.165, 1.54) is 0 Å². The van der Waals surface area contributed by atoms with Crippen molar-refractivity contribution in [2.24, 2.45) is 5.92 Å². The Balaban J connectivity index is 1.51. The van der Waals surface area contributed by atoms with E-state index in [0.717, 1.165) is 42.1 Å². The zero-order valence-corrected chi connectivity index (χ0v) is 18.7. The molecule has 1 atom stereocenters. The molecule has 3 aromatic rings. The molecule has 0 aliphatic carbocycles. The maximum Gasteiger partial charge on any atom is 0.254 e. The summed E-state index contributed by atoms with van der Waals surface area (Å²) >= 11 is 5.99. The average Bonchev–Trinajstić information content (AvgIpc) is 2.79. The molecule has 0 bridgehead atoms. The summed E-state index contributed by atoms with van der Waals surface area (Å²) in [6.07, 6.45) is 4.47. The molecule has 0 N–H and O–H groups in total. The number of benzene rings is 2. The third kappa shape index (κ3) is 5.05. The van der Waals surface area contributed by atoms with Crippen molar-refractivity contribution in [3.8, 4) is 11.1 Å². The van der Waals surface area contributed by atoms with Gasteiger partial charge in [-0.3, -0.25) is 4.79 Å². The highest BCUT2D eigenvalue weighted by Gasteiger charge is 2.32. The van der Waals surface area contributed by atoms with Crippen molar-refractivity contribution < 1.29 is 4.79 Å². The first-order valence-corrected chi connectivity index (χ1v) is 11.1. The molecular weight excluding hydrogens is 408 g/mol.